The first-order valence-corrected chi connectivity index (χ1v) is 8.51. The van der Waals surface area contributed by atoms with E-state index in [0.29, 0.717) is 26.5 Å². The van der Waals surface area contributed by atoms with Gasteiger partial charge in [-0.05, 0) is 36.4 Å². The molecule has 24 heavy (non-hydrogen) atoms. The molecule has 3 rings (SSSR count). The number of carbonyl (C=O) groups is 1. The van der Waals surface area contributed by atoms with Gasteiger partial charge in [0.15, 0.2) is 0 Å². The van der Waals surface area contributed by atoms with E-state index in [1.54, 1.807) is 29.6 Å². The number of thiazole rings is 1. The molecule has 0 radical (unpaired) electrons. The largest absolute Gasteiger partial charge is 0.426 e. The van der Waals surface area contributed by atoms with Crippen molar-refractivity contribution in [2.24, 2.45) is 0 Å². The Morgan fingerprint density at radius 3 is 2.58 bits per heavy atom. The molecule has 0 saturated carbocycles. The zero-order valence-electron chi connectivity index (χ0n) is 12.1. The van der Waals surface area contributed by atoms with E-state index >= 15 is 0 Å². The molecule has 0 saturated heterocycles. The number of hydrogen-bond donors (Lipinski definition) is 0. The summed E-state index contributed by atoms with van der Waals surface area (Å²) < 4.78 is 18.2. The second kappa shape index (κ2) is 7.30. The van der Waals surface area contributed by atoms with Gasteiger partial charge < -0.3 is 4.74 Å². The zero-order chi connectivity index (χ0) is 17.1. The van der Waals surface area contributed by atoms with E-state index in [9.17, 15) is 9.18 Å². The van der Waals surface area contributed by atoms with Crippen molar-refractivity contribution in [1.29, 1.82) is 0 Å². The molecule has 0 aliphatic rings. The van der Waals surface area contributed by atoms with Crippen LogP contribution in [-0.2, 0) is 11.2 Å². The van der Waals surface area contributed by atoms with E-state index in [2.05, 4.69) is 4.98 Å². The SMILES string of the molecule is O=C(Cc1csc(-c2ccc(F)cc2)n1)Oc1ccc(Cl)c(Cl)c1. The van der Waals surface area contributed by atoms with Gasteiger partial charge in [-0.3, -0.25) is 4.79 Å². The number of aromatic nitrogens is 1. The fraction of sp³-hybridized carbons (Fsp3) is 0.0588. The zero-order valence-corrected chi connectivity index (χ0v) is 14.5. The Balaban J connectivity index is 1.66. The van der Waals surface area contributed by atoms with E-state index in [4.69, 9.17) is 27.9 Å². The highest BCUT2D eigenvalue weighted by molar-refractivity contribution is 7.13. The summed E-state index contributed by atoms with van der Waals surface area (Å²) in [5.41, 5.74) is 1.38. The predicted molar refractivity (Wildman–Crippen MR) is 93.3 cm³/mol. The van der Waals surface area contributed by atoms with Crippen molar-refractivity contribution < 1.29 is 13.9 Å². The van der Waals surface area contributed by atoms with Crippen molar-refractivity contribution in [1.82, 2.24) is 4.98 Å². The number of halogens is 3. The first-order valence-electron chi connectivity index (χ1n) is 6.87. The Kier molecular flexibility index (Phi) is 5.14. The number of rotatable bonds is 4. The highest BCUT2D eigenvalue weighted by Crippen LogP contribution is 2.27. The first-order chi connectivity index (χ1) is 11.5. The normalized spacial score (nSPS) is 10.6. The quantitative estimate of drug-likeness (QED) is 0.448. The number of hydrogen-bond acceptors (Lipinski definition) is 4. The molecular formula is C17H10Cl2FNO2S. The van der Waals surface area contributed by atoms with Crippen LogP contribution < -0.4 is 4.74 Å². The van der Waals surface area contributed by atoms with Gasteiger partial charge in [0.1, 0.15) is 16.6 Å². The lowest BCUT2D eigenvalue weighted by molar-refractivity contribution is -0.133. The molecule has 1 aromatic heterocycles. The van der Waals surface area contributed by atoms with Crippen LogP contribution in [0.4, 0.5) is 4.39 Å². The maximum Gasteiger partial charge on any atom is 0.317 e. The number of benzene rings is 2. The highest BCUT2D eigenvalue weighted by atomic mass is 35.5. The molecule has 122 valence electrons. The molecule has 0 bridgehead atoms. The topological polar surface area (TPSA) is 39.2 Å². The maximum atomic E-state index is 12.9. The maximum absolute atomic E-state index is 12.9. The minimum absolute atomic E-state index is 0.0257. The van der Waals surface area contributed by atoms with Gasteiger partial charge in [0.05, 0.1) is 22.2 Å². The Bertz CT molecular complexity index is 881. The van der Waals surface area contributed by atoms with Crippen molar-refractivity contribution in [2.45, 2.75) is 6.42 Å². The summed E-state index contributed by atoms with van der Waals surface area (Å²) in [5, 5.41) is 3.19. The lowest BCUT2D eigenvalue weighted by Crippen LogP contribution is -2.11. The lowest BCUT2D eigenvalue weighted by atomic mass is 10.2. The van der Waals surface area contributed by atoms with Gasteiger partial charge in [0.2, 0.25) is 0 Å². The van der Waals surface area contributed by atoms with Gasteiger partial charge in [0.25, 0.3) is 0 Å². The molecule has 0 spiro atoms. The Morgan fingerprint density at radius 2 is 1.88 bits per heavy atom. The predicted octanol–water partition coefficient (Wildman–Crippen LogP) is 5.40. The van der Waals surface area contributed by atoms with Crippen LogP contribution in [0.2, 0.25) is 10.0 Å². The third kappa shape index (κ3) is 4.12. The molecule has 0 unspecified atom stereocenters. The molecule has 2 aromatic carbocycles. The van der Waals surface area contributed by atoms with Crippen LogP contribution in [-0.4, -0.2) is 11.0 Å². The van der Waals surface area contributed by atoms with Crippen LogP contribution in [0.3, 0.4) is 0 Å². The highest BCUT2D eigenvalue weighted by Gasteiger charge is 2.12. The van der Waals surface area contributed by atoms with E-state index in [-0.39, 0.29) is 12.2 Å². The first kappa shape index (κ1) is 16.9. The third-order valence-corrected chi connectivity index (χ3v) is 4.77. The van der Waals surface area contributed by atoms with Crippen molar-refractivity contribution in [3.8, 4) is 16.3 Å². The average molecular weight is 382 g/mol. The summed E-state index contributed by atoms with van der Waals surface area (Å²) in [6, 6.07) is 10.6. The van der Waals surface area contributed by atoms with E-state index in [1.807, 2.05) is 0 Å². The van der Waals surface area contributed by atoms with Gasteiger partial charge >= 0.3 is 5.97 Å². The lowest BCUT2D eigenvalue weighted by Gasteiger charge is -2.04. The van der Waals surface area contributed by atoms with Gasteiger partial charge in [-0.1, -0.05) is 23.2 Å². The summed E-state index contributed by atoms with van der Waals surface area (Å²) in [6.07, 6.45) is 0.0257. The molecule has 3 nitrogen and oxygen atoms in total. The summed E-state index contributed by atoms with van der Waals surface area (Å²) in [6.45, 7) is 0. The standard InChI is InChI=1S/C17H10Cl2FNO2S/c18-14-6-5-13(8-15(14)19)23-16(22)7-12-9-24-17(21-12)10-1-3-11(20)4-2-10/h1-6,8-9H,7H2. The van der Waals surface area contributed by atoms with Gasteiger partial charge in [-0.2, -0.15) is 0 Å². The third-order valence-electron chi connectivity index (χ3n) is 3.09. The minimum Gasteiger partial charge on any atom is -0.426 e. The fourth-order valence-corrected chi connectivity index (χ4v) is 3.08. The summed E-state index contributed by atoms with van der Waals surface area (Å²) in [5.74, 6) is -0.437. The molecule has 0 N–H and O–H groups in total. The van der Waals surface area contributed by atoms with Gasteiger partial charge in [0, 0.05) is 17.0 Å². The van der Waals surface area contributed by atoms with Gasteiger partial charge in [-0.15, -0.1) is 11.3 Å². The number of carbonyl (C=O) groups excluding carboxylic acids is 1. The van der Waals surface area contributed by atoms with Crippen LogP contribution in [0.25, 0.3) is 10.6 Å². The molecular weight excluding hydrogens is 372 g/mol. The molecule has 0 atom stereocenters. The van der Waals surface area contributed by atoms with Crippen LogP contribution in [0, 0.1) is 5.82 Å². The molecule has 1 heterocycles. The summed E-state index contributed by atoms with van der Waals surface area (Å²) >= 11 is 13.1. The van der Waals surface area contributed by atoms with E-state index in [1.165, 1.54) is 29.5 Å². The van der Waals surface area contributed by atoms with Crippen LogP contribution in [0.15, 0.2) is 47.8 Å². The Morgan fingerprint density at radius 1 is 1.12 bits per heavy atom. The number of ether oxygens (including phenoxy) is 1. The van der Waals surface area contributed by atoms with Gasteiger partial charge in [-0.25, -0.2) is 9.37 Å². The van der Waals surface area contributed by atoms with E-state index in [0.717, 1.165) is 5.56 Å². The summed E-state index contributed by atoms with van der Waals surface area (Å²) in [7, 11) is 0. The van der Waals surface area contributed by atoms with Crippen molar-refractivity contribution >= 4 is 40.5 Å². The van der Waals surface area contributed by atoms with E-state index < -0.39 is 5.97 Å². The minimum atomic E-state index is -0.454. The average Bonchev–Trinajstić information content (AvgIpc) is 3.00. The van der Waals surface area contributed by atoms with Crippen LogP contribution in [0.5, 0.6) is 5.75 Å². The smallest absolute Gasteiger partial charge is 0.317 e. The molecule has 0 amide bonds. The van der Waals surface area contributed by atoms with Crippen LogP contribution >= 0.6 is 34.5 Å². The molecule has 0 fully saturated rings. The van der Waals surface area contributed by atoms with Crippen molar-refractivity contribution in [3.05, 3.63) is 69.4 Å². The van der Waals surface area contributed by atoms with Crippen LogP contribution in [0.1, 0.15) is 5.69 Å². The number of nitrogens with zero attached hydrogens (tertiary/aromatic N) is 1. The fourth-order valence-electron chi connectivity index (χ4n) is 1.97. The van der Waals surface area contributed by atoms with Crippen molar-refractivity contribution in [3.63, 3.8) is 0 Å². The second-order valence-corrected chi connectivity index (χ2v) is 6.55. The second-order valence-electron chi connectivity index (χ2n) is 4.88. The molecule has 0 aliphatic carbocycles. The number of esters is 1. The Labute approximate surface area is 151 Å². The molecule has 0 aliphatic heterocycles. The Hall–Kier alpha value is -1.95. The molecule has 7 heteroatoms. The molecule has 3 aromatic rings. The summed E-state index contributed by atoms with van der Waals surface area (Å²) in [4.78, 5) is 16.4. The van der Waals surface area contributed by atoms with Crippen molar-refractivity contribution in [2.75, 3.05) is 0 Å². The monoisotopic (exact) mass is 381 g/mol.